The first-order valence-corrected chi connectivity index (χ1v) is 6.77. The van der Waals surface area contributed by atoms with Gasteiger partial charge in [0.05, 0.1) is 0 Å². The molecule has 0 spiro atoms. The zero-order chi connectivity index (χ0) is 13.0. The van der Waals surface area contributed by atoms with Gasteiger partial charge in [-0.1, -0.05) is 48.7 Å². The number of halogens is 3. The van der Waals surface area contributed by atoms with Crippen molar-refractivity contribution in [3.8, 4) is 0 Å². The predicted molar refractivity (Wildman–Crippen MR) is 69.1 cm³/mol. The molecule has 2 aliphatic carbocycles. The monoisotopic (exact) mass is 296 g/mol. The van der Waals surface area contributed by atoms with E-state index in [1.807, 2.05) is 6.92 Å². The van der Waals surface area contributed by atoms with Gasteiger partial charge in [-0.2, -0.15) is 0 Å². The van der Waals surface area contributed by atoms with Crippen LogP contribution in [0.1, 0.15) is 33.6 Å². The standard InChI is InChI=1S/C12H15Cl3O2/c1-6-4-5-7-8(11(7,2)3)9(6)17-10(16)12(13,14)15/h7-8H,4-5H2,1-3H3/t7-,8-/m1/s1. The van der Waals surface area contributed by atoms with Crippen LogP contribution in [0.4, 0.5) is 0 Å². The fourth-order valence-corrected chi connectivity index (χ4v) is 2.99. The van der Waals surface area contributed by atoms with Gasteiger partial charge in [-0.05, 0) is 36.7 Å². The Hall–Kier alpha value is 0.0800. The number of hydrogen-bond donors (Lipinski definition) is 0. The lowest BCUT2D eigenvalue weighted by atomic mass is 9.99. The summed E-state index contributed by atoms with van der Waals surface area (Å²) in [7, 11) is 0. The molecule has 2 aliphatic rings. The second-order valence-corrected chi connectivity index (χ2v) is 7.76. The third-order valence-electron chi connectivity index (χ3n) is 4.02. The Labute approximate surface area is 116 Å². The summed E-state index contributed by atoms with van der Waals surface area (Å²) in [6.07, 6.45) is 2.10. The van der Waals surface area contributed by atoms with Crippen molar-refractivity contribution in [1.29, 1.82) is 0 Å². The summed E-state index contributed by atoms with van der Waals surface area (Å²) in [5.74, 6) is 0.805. The third kappa shape index (κ3) is 2.32. The van der Waals surface area contributed by atoms with Gasteiger partial charge < -0.3 is 4.74 Å². The zero-order valence-electron chi connectivity index (χ0n) is 10.0. The van der Waals surface area contributed by atoms with Gasteiger partial charge in [-0.3, -0.25) is 0 Å². The van der Waals surface area contributed by atoms with Crippen LogP contribution in [0, 0.1) is 17.3 Å². The van der Waals surface area contributed by atoms with E-state index in [1.165, 1.54) is 0 Å². The number of rotatable bonds is 1. The van der Waals surface area contributed by atoms with E-state index in [-0.39, 0.29) is 5.41 Å². The maximum atomic E-state index is 11.6. The number of ether oxygens (including phenoxy) is 1. The number of carbonyl (C=O) groups excluding carboxylic acids is 1. The number of hydrogen-bond acceptors (Lipinski definition) is 2. The molecular weight excluding hydrogens is 282 g/mol. The number of allylic oxidation sites excluding steroid dienone is 2. The van der Waals surface area contributed by atoms with Gasteiger partial charge in [0.15, 0.2) is 0 Å². The highest BCUT2D eigenvalue weighted by Gasteiger charge is 2.62. The van der Waals surface area contributed by atoms with E-state index in [4.69, 9.17) is 39.5 Å². The Balaban J connectivity index is 2.18. The average molecular weight is 298 g/mol. The van der Waals surface area contributed by atoms with Crippen molar-refractivity contribution in [2.75, 3.05) is 0 Å². The highest BCUT2D eigenvalue weighted by molar-refractivity contribution is 6.75. The first-order chi connectivity index (χ1) is 7.65. The van der Waals surface area contributed by atoms with Crippen LogP contribution in [0.5, 0.6) is 0 Å². The molecule has 0 aromatic heterocycles. The van der Waals surface area contributed by atoms with Gasteiger partial charge in [0.1, 0.15) is 5.76 Å². The molecule has 2 rings (SSSR count). The molecule has 0 aromatic rings. The molecule has 0 radical (unpaired) electrons. The van der Waals surface area contributed by atoms with Crippen molar-refractivity contribution in [3.63, 3.8) is 0 Å². The van der Waals surface area contributed by atoms with Crippen LogP contribution in [-0.4, -0.2) is 9.76 Å². The van der Waals surface area contributed by atoms with Crippen molar-refractivity contribution >= 4 is 40.8 Å². The van der Waals surface area contributed by atoms with E-state index in [2.05, 4.69) is 13.8 Å². The van der Waals surface area contributed by atoms with Crippen LogP contribution < -0.4 is 0 Å². The van der Waals surface area contributed by atoms with E-state index in [0.29, 0.717) is 11.8 Å². The number of carbonyl (C=O) groups is 1. The summed E-state index contributed by atoms with van der Waals surface area (Å²) in [6, 6.07) is 0. The smallest absolute Gasteiger partial charge is 0.363 e. The Morgan fingerprint density at radius 3 is 2.53 bits per heavy atom. The maximum absolute atomic E-state index is 11.6. The first kappa shape index (κ1) is 13.5. The van der Waals surface area contributed by atoms with Crippen LogP contribution in [0.25, 0.3) is 0 Å². The van der Waals surface area contributed by atoms with E-state index < -0.39 is 9.76 Å². The Bertz CT molecular complexity index is 393. The molecule has 0 amide bonds. The van der Waals surface area contributed by atoms with E-state index in [1.54, 1.807) is 0 Å². The molecule has 1 saturated carbocycles. The Kier molecular flexibility index (Phi) is 3.21. The van der Waals surface area contributed by atoms with Gasteiger partial charge in [-0.25, -0.2) is 4.79 Å². The molecule has 2 nitrogen and oxygen atoms in total. The van der Waals surface area contributed by atoms with E-state index in [0.717, 1.165) is 24.2 Å². The molecule has 0 bridgehead atoms. The quantitative estimate of drug-likeness (QED) is 0.534. The van der Waals surface area contributed by atoms with Crippen LogP contribution in [-0.2, 0) is 9.53 Å². The normalized spacial score (nSPS) is 30.9. The molecule has 0 aliphatic heterocycles. The Morgan fingerprint density at radius 1 is 1.41 bits per heavy atom. The second kappa shape index (κ2) is 4.04. The molecule has 96 valence electrons. The van der Waals surface area contributed by atoms with Crippen LogP contribution in [0.15, 0.2) is 11.3 Å². The average Bonchev–Trinajstić information content (AvgIpc) is 2.72. The third-order valence-corrected chi connectivity index (χ3v) is 4.48. The number of esters is 1. The lowest BCUT2D eigenvalue weighted by Gasteiger charge is -2.19. The van der Waals surface area contributed by atoms with Crippen molar-refractivity contribution < 1.29 is 9.53 Å². The molecular formula is C12H15Cl3O2. The van der Waals surface area contributed by atoms with Crippen molar-refractivity contribution in [2.45, 2.75) is 37.4 Å². The molecule has 0 saturated heterocycles. The second-order valence-electron chi connectivity index (χ2n) is 5.48. The summed E-state index contributed by atoms with van der Waals surface area (Å²) in [5, 5.41) is 0. The summed E-state index contributed by atoms with van der Waals surface area (Å²) in [5.41, 5.74) is 1.29. The van der Waals surface area contributed by atoms with E-state index in [9.17, 15) is 4.79 Å². The number of alkyl halides is 3. The van der Waals surface area contributed by atoms with Crippen LogP contribution in [0.2, 0.25) is 0 Å². The van der Waals surface area contributed by atoms with Crippen molar-refractivity contribution in [1.82, 2.24) is 0 Å². The molecule has 17 heavy (non-hydrogen) atoms. The molecule has 5 heteroatoms. The summed E-state index contributed by atoms with van der Waals surface area (Å²) in [4.78, 5) is 11.6. The molecule has 2 atom stereocenters. The first-order valence-electron chi connectivity index (χ1n) is 5.64. The van der Waals surface area contributed by atoms with Gasteiger partial charge in [0.25, 0.3) is 3.79 Å². The summed E-state index contributed by atoms with van der Waals surface area (Å²) in [6.45, 7) is 6.35. The van der Waals surface area contributed by atoms with Gasteiger partial charge >= 0.3 is 5.97 Å². The van der Waals surface area contributed by atoms with Crippen LogP contribution in [0.3, 0.4) is 0 Å². The minimum atomic E-state index is -2.00. The van der Waals surface area contributed by atoms with E-state index >= 15 is 0 Å². The molecule has 0 heterocycles. The topological polar surface area (TPSA) is 26.3 Å². The lowest BCUT2D eigenvalue weighted by molar-refractivity contribution is -0.139. The molecule has 0 N–H and O–H groups in total. The van der Waals surface area contributed by atoms with Gasteiger partial charge in [0, 0.05) is 5.92 Å². The maximum Gasteiger partial charge on any atom is 0.363 e. The highest BCUT2D eigenvalue weighted by Crippen LogP contribution is 2.66. The highest BCUT2D eigenvalue weighted by atomic mass is 35.6. The fraction of sp³-hybridized carbons (Fsp3) is 0.750. The summed E-state index contributed by atoms with van der Waals surface area (Å²) >= 11 is 16.6. The zero-order valence-corrected chi connectivity index (χ0v) is 12.3. The predicted octanol–water partition coefficient (Wildman–Crippen LogP) is 4.24. The van der Waals surface area contributed by atoms with Crippen molar-refractivity contribution in [3.05, 3.63) is 11.3 Å². The summed E-state index contributed by atoms with van der Waals surface area (Å²) < 4.78 is 3.30. The fourth-order valence-electron chi connectivity index (χ4n) is 2.87. The SMILES string of the molecule is CC1=C(OC(=O)C(Cl)(Cl)Cl)[C@H]2[C@@H](CC1)C2(C)C. The minimum Gasteiger partial charge on any atom is -0.428 e. The number of fused-ring (bicyclic) bond motifs is 1. The Morgan fingerprint density at radius 2 is 2.00 bits per heavy atom. The lowest BCUT2D eigenvalue weighted by Crippen LogP contribution is -2.23. The van der Waals surface area contributed by atoms with Crippen molar-refractivity contribution in [2.24, 2.45) is 17.3 Å². The van der Waals surface area contributed by atoms with Gasteiger partial charge in [-0.15, -0.1) is 0 Å². The molecule has 1 fully saturated rings. The van der Waals surface area contributed by atoms with Gasteiger partial charge in [0.2, 0.25) is 0 Å². The largest absolute Gasteiger partial charge is 0.428 e. The minimum absolute atomic E-state index is 0.195. The molecule has 0 aromatic carbocycles. The van der Waals surface area contributed by atoms with Crippen LogP contribution >= 0.6 is 34.8 Å². The molecule has 0 unspecified atom stereocenters.